The molecule has 0 unspecified atom stereocenters. The van der Waals surface area contributed by atoms with Crippen LogP contribution in [-0.2, 0) is 0 Å². The molecule has 7 heteroatoms. The van der Waals surface area contributed by atoms with Crippen LogP contribution < -0.4 is 0 Å². The van der Waals surface area contributed by atoms with E-state index in [1.165, 1.54) is 0 Å². The molecule has 2 heterocycles. The Kier molecular flexibility index (Phi) is 6.70. The van der Waals surface area contributed by atoms with Crippen molar-refractivity contribution >= 4 is 38.4 Å². The van der Waals surface area contributed by atoms with Gasteiger partial charge in [0.2, 0.25) is 0 Å². The molecule has 6 aromatic carbocycles. The van der Waals surface area contributed by atoms with Gasteiger partial charge in [0.25, 0.3) is 0 Å². The lowest BCUT2D eigenvalue weighted by Crippen LogP contribution is -1.98. The van der Waals surface area contributed by atoms with Crippen LogP contribution in [0, 0.1) is 24.0 Å². The Bertz CT molecular complexity index is 2540. The Morgan fingerprint density at radius 3 is 1.72 bits per heavy atom. The van der Waals surface area contributed by atoms with Gasteiger partial charge >= 0.3 is 0 Å². The van der Waals surface area contributed by atoms with Gasteiger partial charge in [0, 0.05) is 32.8 Å². The average molecular weight is 615 g/mol. The van der Waals surface area contributed by atoms with Crippen LogP contribution in [0.4, 0.5) is 18.9 Å². The number of pyridine rings is 1. The summed E-state index contributed by atoms with van der Waals surface area (Å²) in [6.07, 6.45) is 0. The van der Waals surface area contributed by atoms with Crippen molar-refractivity contribution < 1.29 is 13.2 Å². The zero-order valence-electron chi connectivity index (χ0n) is 24.5. The van der Waals surface area contributed by atoms with Gasteiger partial charge in [0.1, 0.15) is 0 Å². The van der Waals surface area contributed by atoms with Crippen molar-refractivity contribution in [2.75, 3.05) is 0 Å². The van der Waals surface area contributed by atoms with Crippen molar-refractivity contribution in [3.05, 3.63) is 156 Å². The second kappa shape index (κ2) is 11.2. The zero-order valence-corrected chi connectivity index (χ0v) is 24.5. The Morgan fingerprint density at radius 2 is 1.04 bits per heavy atom. The SMILES string of the molecule is [C-]#[N+]c1cc2nc(-c3ccccc3)c(-c3ccccc3)nc2c2c1c(-c1cccc(-c3cc(F)c(F)c(F)c3)c1)nc1ccccc12. The first-order valence-corrected chi connectivity index (χ1v) is 14.8. The van der Waals surface area contributed by atoms with Crippen molar-refractivity contribution in [2.45, 2.75) is 0 Å². The van der Waals surface area contributed by atoms with Crippen LogP contribution in [0.25, 0.3) is 82.5 Å². The lowest BCUT2D eigenvalue weighted by molar-refractivity contribution is 0.448. The Hall–Kier alpha value is -6.39. The highest BCUT2D eigenvalue weighted by molar-refractivity contribution is 6.25. The number of benzene rings is 6. The molecule has 8 rings (SSSR count). The van der Waals surface area contributed by atoms with Gasteiger partial charge in [-0.05, 0) is 41.5 Å². The van der Waals surface area contributed by atoms with E-state index in [-0.39, 0.29) is 5.56 Å². The van der Waals surface area contributed by atoms with Crippen LogP contribution >= 0.6 is 0 Å². The summed E-state index contributed by atoms with van der Waals surface area (Å²) < 4.78 is 42.2. The second-order valence-corrected chi connectivity index (χ2v) is 11.1. The van der Waals surface area contributed by atoms with E-state index in [2.05, 4.69) is 4.85 Å². The van der Waals surface area contributed by atoms with E-state index >= 15 is 0 Å². The smallest absolute Gasteiger partial charge is 0.199 e. The molecular formula is C40H21F3N4. The Labute approximate surface area is 267 Å². The van der Waals surface area contributed by atoms with Gasteiger partial charge in [-0.3, -0.25) is 0 Å². The molecule has 0 N–H and O–H groups in total. The maximum atomic E-state index is 14.2. The van der Waals surface area contributed by atoms with Crippen molar-refractivity contribution in [3.8, 4) is 44.9 Å². The molecule has 0 aliphatic carbocycles. The standard InChI is InChI=1S/C40H21F3N4/c1-44-32-22-33-40(47-39(24-13-6-3-7-14-24)38(46-33)23-11-4-2-5-12-23)34-28-17-8-9-18-31(28)45-37(35(32)34)26-16-10-15-25(19-26)27-20-29(41)36(43)30(42)21-27/h2-22H. The second-order valence-electron chi connectivity index (χ2n) is 11.1. The number of nitrogens with zero attached hydrogens (tertiary/aromatic N) is 4. The molecule has 0 aliphatic rings. The summed E-state index contributed by atoms with van der Waals surface area (Å²) in [4.78, 5) is 19.4. The Morgan fingerprint density at radius 1 is 0.468 bits per heavy atom. The van der Waals surface area contributed by atoms with Crippen molar-refractivity contribution in [1.82, 2.24) is 15.0 Å². The molecule has 0 radical (unpaired) electrons. The summed E-state index contributed by atoms with van der Waals surface area (Å²) in [5.74, 6) is -4.07. The normalized spacial score (nSPS) is 11.3. The molecule has 0 saturated heterocycles. The summed E-state index contributed by atoms with van der Waals surface area (Å²) in [5.41, 5.74) is 7.16. The summed E-state index contributed by atoms with van der Waals surface area (Å²) in [6, 6.07) is 38.0. The third-order valence-electron chi connectivity index (χ3n) is 8.25. The van der Waals surface area contributed by atoms with Crippen LogP contribution in [0.15, 0.2) is 127 Å². The number of rotatable bonds is 4. The van der Waals surface area contributed by atoms with E-state index < -0.39 is 17.5 Å². The fourth-order valence-electron chi connectivity index (χ4n) is 6.10. The van der Waals surface area contributed by atoms with E-state index in [9.17, 15) is 13.2 Å². The van der Waals surface area contributed by atoms with E-state index in [4.69, 9.17) is 21.5 Å². The molecule has 0 atom stereocenters. The molecule has 0 fully saturated rings. The number of halogens is 3. The fourth-order valence-corrected chi connectivity index (χ4v) is 6.10. The van der Waals surface area contributed by atoms with Crippen molar-refractivity contribution in [1.29, 1.82) is 0 Å². The number of para-hydroxylation sites is 1. The summed E-state index contributed by atoms with van der Waals surface area (Å²) in [5, 5.41) is 2.12. The van der Waals surface area contributed by atoms with E-state index in [0.717, 1.165) is 34.0 Å². The number of hydrogen-bond donors (Lipinski definition) is 0. The van der Waals surface area contributed by atoms with Gasteiger partial charge in [-0.25, -0.2) is 33.0 Å². The third-order valence-corrected chi connectivity index (χ3v) is 8.25. The molecule has 4 nitrogen and oxygen atoms in total. The van der Waals surface area contributed by atoms with Gasteiger partial charge in [0.15, 0.2) is 23.1 Å². The summed E-state index contributed by atoms with van der Waals surface area (Å²) >= 11 is 0. The lowest BCUT2D eigenvalue weighted by atomic mass is 9.94. The number of aromatic nitrogens is 3. The van der Waals surface area contributed by atoms with E-state index in [0.29, 0.717) is 55.8 Å². The first-order valence-electron chi connectivity index (χ1n) is 14.8. The van der Waals surface area contributed by atoms with Gasteiger partial charge < -0.3 is 0 Å². The maximum Gasteiger partial charge on any atom is 0.199 e. The predicted octanol–water partition coefficient (Wildman–Crippen LogP) is 11.0. The van der Waals surface area contributed by atoms with E-state index in [1.807, 2.05) is 91.0 Å². The molecule has 47 heavy (non-hydrogen) atoms. The molecule has 2 aromatic heterocycles. The minimum absolute atomic E-state index is 0.177. The highest BCUT2D eigenvalue weighted by atomic mass is 19.2. The first kappa shape index (κ1) is 28.1. The van der Waals surface area contributed by atoms with Gasteiger partial charge in [-0.1, -0.05) is 97.1 Å². The third kappa shape index (κ3) is 4.75. The average Bonchev–Trinajstić information content (AvgIpc) is 3.13. The number of fused-ring (bicyclic) bond motifs is 5. The minimum Gasteiger partial charge on any atom is -0.248 e. The zero-order chi connectivity index (χ0) is 32.1. The van der Waals surface area contributed by atoms with E-state index in [1.54, 1.807) is 24.3 Å². The molecule has 0 bridgehead atoms. The Balaban J connectivity index is 1.48. The van der Waals surface area contributed by atoms with Gasteiger partial charge in [0.05, 0.1) is 40.2 Å². The largest absolute Gasteiger partial charge is 0.248 e. The highest BCUT2D eigenvalue weighted by Gasteiger charge is 2.22. The first-order chi connectivity index (χ1) is 23.0. The van der Waals surface area contributed by atoms with Crippen LogP contribution in [0.3, 0.4) is 0 Å². The van der Waals surface area contributed by atoms with Crippen molar-refractivity contribution in [2.24, 2.45) is 0 Å². The van der Waals surface area contributed by atoms with Crippen LogP contribution in [-0.4, -0.2) is 15.0 Å². The molecule has 0 aliphatic heterocycles. The maximum absolute atomic E-state index is 14.2. The molecule has 0 amide bonds. The molecule has 0 spiro atoms. The molecule has 8 aromatic rings. The molecular weight excluding hydrogens is 593 g/mol. The topological polar surface area (TPSA) is 43.0 Å². The van der Waals surface area contributed by atoms with Gasteiger partial charge in [-0.15, -0.1) is 0 Å². The minimum atomic E-state index is -1.52. The quantitative estimate of drug-likeness (QED) is 0.113. The summed E-state index contributed by atoms with van der Waals surface area (Å²) in [7, 11) is 0. The van der Waals surface area contributed by atoms with Crippen LogP contribution in [0.2, 0.25) is 0 Å². The lowest BCUT2D eigenvalue weighted by Gasteiger charge is -2.16. The predicted molar refractivity (Wildman–Crippen MR) is 180 cm³/mol. The summed E-state index contributed by atoms with van der Waals surface area (Å²) in [6.45, 7) is 8.24. The monoisotopic (exact) mass is 614 g/mol. The van der Waals surface area contributed by atoms with Crippen molar-refractivity contribution in [3.63, 3.8) is 0 Å². The molecule has 0 saturated carbocycles. The molecule has 222 valence electrons. The fraction of sp³-hybridized carbons (Fsp3) is 0. The highest BCUT2D eigenvalue weighted by Crippen LogP contribution is 2.44. The number of hydrogen-bond acceptors (Lipinski definition) is 3. The van der Waals surface area contributed by atoms with Crippen LogP contribution in [0.5, 0.6) is 0 Å². The van der Waals surface area contributed by atoms with Gasteiger partial charge in [-0.2, -0.15) is 0 Å². The van der Waals surface area contributed by atoms with Crippen LogP contribution in [0.1, 0.15) is 0 Å².